The van der Waals surface area contributed by atoms with Gasteiger partial charge in [0, 0.05) is 13.2 Å². The molecule has 4 N–H and O–H groups in total. The standard InChI is InChI=1S/C10H14N4/c1-13-7-9(11)10(14(13)12)8-5-3-2-4-6-8/h2-7,10H,11-12H2,1H3. The quantitative estimate of drug-likeness (QED) is 0.635. The molecule has 0 amide bonds. The van der Waals surface area contributed by atoms with Gasteiger partial charge in [0.1, 0.15) is 6.04 Å². The van der Waals surface area contributed by atoms with E-state index in [1.807, 2.05) is 43.6 Å². The van der Waals surface area contributed by atoms with E-state index in [2.05, 4.69) is 0 Å². The third-order valence-electron chi connectivity index (χ3n) is 2.40. The second kappa shape index (κ2) is 3.32. The molecule has 4 nitrogen and oxygen atoms in total. The molecule has 2 rings (SSSR count). The summed E-state index contributed by atoms with van der Waals surface area (Å²) >= 11 is 0. The predicted molar refractivity (Wildman–Crippen MR) is 55.2 cm³/mol. The summed E-state index contributed by atoms with van der Waals surface area (Å²) in [5, 5.41) is 3.40. The molecule has 0 fully saturated rings. The van der Waals surface area contributed by atoms with Crippen molar-refractivity contribution in [3.63, 3.8) is 0 Å². The average Bonchev–Trinajstić information content (AvgIpc) is 2.43. The van der Waals surface area contributed by atoms with Crippen LogP contribution in [-0.2, 0) is 0 Å². The highest BCUT2D eigenvalue weighted by Crippen LogP contribution is 2.28. The molecule has 0 radical (unpaired) electrons. The largest absolute Gasteiger partial charge is 0.399 e. The van der Waals surface area contributed by atoms with Gasteiger partial charge in [-0.15, -0.1) is 5.12 Å². The van der Waals surface area contributed by atoms with E-state index in [9.17, 15) is 0 Å². The van der Waals surface area contributed by atoms with Gasteiger partial charge in [-0.05, 0) is 5.56 Å². The minimum atomic E-state index is -0.0406. The topological polar surface area (TPSA) is 58.5 Å². The van der Waals surface area contributed by atoms with E-state index in [1.165, 1.54) is 0 Å². The highest BCUT2D eigenvalue weighted by molar-refractivity contribution is 5.28. The summed E-state index contributed by atoms with van der Waals surface area (Å²) < 4.78 is 0. The lowest BCUT2D eigenvalue weighted by Gasteiger charge is -2.26. The molecule has 14 heavy (non-hydrogen) atoms. The summed E-state index contributed by atoms with van der Waals surface area (Å²) in [6, 6.07) is 9.93. The van der Waals surface area contributed by atoms with Gasteiger partial charge in [-0.1, -0.05) is 30.3 Å². The Morgan fingerprint density at radius 3 is 2.36 bits per heavy atom. The van der Waals surface area contributed by atoms with Crippen LogP contribution in [0.5, 0.6) is 0 Å². The molecule has 0 saturated heterocycles. The molecule has 1 aliphatic heterocycles. The first-order valence-corrected chi connectivity index (χ1v) is 4.49. The maximum absolute atomic E-state index is 5.89. The van der Waals surface area contributed by atoms with Crippen molar-refractivity contribution in [2.24, 2.45) is 11.6 Å². The SMILES string of the molecule is CN1C=C(N)C(c2ccccc2)N1N. The van der Waals surface area contributed by atoms with Crippen molar-refractivity contribution >= 4 is 0 Å². The molecule has 1 heterocycles. The van der Waals surface area contributed by atoms with E-state index in [1.54, 1.807) is 10.1 Å². The third kappa shape index (κ3) is 1.34. The fourth-order valence-corrected chi connectivity index (χ4v) is 1.67. The van der Waals surface area contributed by atoms with Crippen LogP contribution in [0.2, 0.25) is 0 Å². The van der Waals surface area contributed by atoms with Crippen LogP contribution < -0.4 is 11.6 Å². The van der Waals surface area contributed by atoms with Gasteiger partial charge in [0.05, 0.1) is 5.70 Å². The lowest BCUT2D eigenvalue weighted by atomic mass is 10.1. The van der Waals surface area contributed by atoms with E-state index in [-0.39, 0.29) is 6.04 Å². The number of nitrogens with two attached hydrogens (primary N) is 2. The summed E-state index contributed by atoms with van der Waals surface area (Å²) in [5.41, 5.74) is 7.76. The number of nitrogens with zero attached hydrogens (tertiary/aromatic N) is 2. The second-order valence-electron chi connectivity index (χ2n) is 3.40. The zero-order chi connectivity index (χ0) is 10.1. The molecule has 0 saturated carbocycles. The highest BCUT2D eigenvalue weighted by atomic mass is 15.8. The van der Waals surface area contributed by atoms with Crippen molar-refractivity contribution < 1.29 is 0 Å². The lowest BCUT2D eigenvalue weighted by Crippen LogP contribution is -2.41. The molecular weight excluding hydrogens is 176 g/mol. The van der Waals surface area contributed by atoms with E-state index in [0.29, 0.717) is 0 Å². The lowest BCUT2D eigenvalue weighted by molar-refractivity contribution is 0.0370. The molecular formula is C10H14N4. The van der Waals surface area contributed by atoms with Crippen LogP contribution in [0, 0.1) is 0 Å². The molecule has 1 unspecified atom stereocenters. The van der Waals surface area contributed by atoms with E-state index in [4.69, 9.17) is 11.6 Å². The normalized spacial score (nSPS) is 22.6. The second-order valence-corrected chi connectivity index (χ2v) is 3.40. The summed E-state index contributed by atoms with van der Waals surface area (Å²) in [7, 11) is 1.87. The maximum atomic E-state index is 5.89. The van der Waals surface area contributed by atoms with E-state index < -0.39 is 0 Å². The van der Waals surface area contributed by atoms with Crippen LogP contribution in [0.4, 0.5) is 0 Å². The summed E-state index contributed by atoms with van der Waals surface area (Å²) in [4.78, 5) is 0. The molecule has 1 aromatic carbocycles. The molecule has 0 spiro atoms. The van der Waals surface area contributed by atoms with E-state index >= 15 is 0 Å². The Kier molecular flexibility index (Phi) is 2.15. The average molecular weight is 190 g/mol. The third-order valence-corrected chi connectivity index (χ3v) is 2.40. The molecule has 1 aromatic rings. The van der Waals surface area contributed by atoms with Crippen molar-refractivity contribution in [2.45, 2.75) is 6.04 Å². The smallest absolute Gasteiger partial charge is 0.111 e. The summed E-state index contributed by atoms with van der Waals surface area (Å²) in [6.45, 7) is 0. The fraction of sp³-hybridized carbons (Fsp3) is 0.200. The first-order chi connectivity index (χ1) is 6.70. The summed E-state index contributed by atoms with van der Waals surface area (Å²) in [6.07, 6.45) is 1.83. The van der Waals surface area contributed by atoms with Gasteiger partial charge in [-0.2, -0.15) is 0 Å². The van der Waals surface area contributed by atoms with Crippen molar-refractivity contribution in [2.75, 3.05) is 7.05 Å². The Labute approximate surface area is 83.3 Å². The minimum Gasteiger partial charge on any atom is -0.399 e. The van der Waals surface area contributed by atoms with Crippen molar-refractivity contribution in [1.82, 2.24) is 10.1 Å². The first kappa shape index (κ1) is 9.05. The van der Waals surface area contributed by atoms with Crippen LogP contribution in [0.15, 0.2) is 42.2 Å². The summed E-state index contributed by atoms with van der Waals surface area (Å²) in [5.74, 6) is 5.87. The van der Waals surface area contributed by atoms with Crippen molar-refractivity contribution in [3.05, 3.63) is 47.8 Å². The van der Waals surface area contributed by atoms with Gasteiger partial charge >= 0.3 is 0 Å². The van der Waals surface area contributed by atoms with Gasteiger partial charge in [0.25, 0.3) is 0 Å². The number of hydrogen-bond donors (Lipinski definition) is 2. The van der Waals surface area contributed by atoms with Gasteiger partial charge in [0.15, 0.2) is 0 Å². The van der Waals surface area contributed by atoms with Crippen molar-refractivity contribution in [1.29, 1.82) is 0 Å². The Morgan fingerprint density at radius 2 is 1.86 bits per heavy atom. The fourth-order valence-electron chi connectivity index (χ4n) is 1.67. The molecule has 0 bridgehead atoms. The molecule has 0 aromatic heterocycles. The Hall–Kier alpha value is -1.52. The Morgan fingerprint density at radius 1 is 1.21 bits per heavy atom. The highest BCUT2D eigenvalue weighted by Gasteiger charge is 2.28. The molecule has 0 aliphatic carbocycles. The van der Waals surface area contributed by atoms with Crippen LogP contribution >= 0.6 is 0 Å². The van der Waals surface area contributed by atoms with E-state index in [0.717, 1.165) is 11.3 Å². The Balaban J connectivity index is 2.32. The number of benzene rings is 1. The number of hydrazine groups is 2. The molecule has 1 aliphatic rings. The van der Waals surface area contributed by atoms with Gasteiger partial charge in [0.2, 0.25) is 0 Å². The first-order valence-electron chi connectivity index (χ1n) is 4.49. The van der Waals surface area contributed by atoms with Gasteiger partial charge in [-0.25, -0.2) is 5.84 Å². The predicted octanol–water partition coefficient (Wildman–Crippen LogP) is 0.564. The van der Waals surface area contributed by atoms with Crippen molar-refractivity contribution in [3.8, 4) is 0 Å². The maximum Gasteiger partial charge on any atom is 0.111 e. The monoisotopic (exact) mass is 190 g/mol. The molecule has 74 valence electrons. The zero-order valence-electron chi connectivity index (χ0n) is 8.09. The minimum absolute atomic E-state index is 0.0406. The molecule has 4 heteroatoms. The van der Waals surface area contributed by atoms with Crippen LogP contribution in [-0.4, -0.2) is 17.2 Å². The molecule has 1 atom stereocenters. The van der Waals surface area contributed by atoms with Crippen LogP contribution in [0.1, 0.15) is 11.6 Å². The zero-order valence-corrected chi connectivity index (χ0v) is 8.09. The number of hydrogen-bond acceptors (Lipinski definition) is 4. The number of rotatable bonds is 1. The van der Waals surface area contributed by atoms with Gasteiger partial charge < -0.3 is 10.7 Å². The van der Waals surface area contributed by atoms with Gasteiger partial charge in [-0.3, -0.25) is 0 Å². The Bertz CT molecular complexity index is 346. The van der Waals surface area contributed by atoms with Crippen LogP contribution in [0.25, 0.3) is 0 Å². The van der Waals surface area contributed by atoms with Crippen LogP contribution in [0.3, 0.4) is 0 Å².